The van der Waals surface area contributed by atoms with Gasteiger partial charge in [0.1, 0.15) is 42.3 Å². The van der Waals surface area contributed by atoms with Crippen LogP contribution in [-0.4, -0.2) is 148 Å². The van der Waals surface area contributed by atoms with Gasteiger partial charge in [0.2, 0.25) is 0 Å². The van der Waals surface area contributed by atoms with Crippen LogP contribution in [0.15, 0.2) is 41.5 Å². The van der Waals surface area contributed by atoms with Crippen LogP contribution in [0.5, 0.6) is 0 Å². The van der Waals surface area contributed by atoms with Gasteiger partial charge in [-0.2, -0.15) is 0 Å². The van der Waals surface area contributed by atoms with Crippen LogP contribution in [0.25, 0.3) is 0 Å². The smallest absolute Gasteiger partial charge is 0.408 e. The molecule has 0 unspecified atom stereocenters. The lowest BCUT2D eigenvalue weighted by Crippen LogP contribution is -2.79. The highest BCUT2D eigenvalue weighted by Crippen LogP contribution is 2.66. The summed E-state index contributed by atoms with van der Waals surface area (Å²) < 4.78 is 59.0. The van der Waals surface area contributed by atoms with Gasteiger partial charge in [-0.15, -0.1) is 0 Å². The van der Waals surface area contributed by atoms with Gasteiger partial charge in [-0.25, -0.2) is 18.8 Å². The third-order valence-corrected chi connectivity index (χ3v) is 14.6. The Hall–Kier alpha value is -3.71. The summed E-state index contributed by atoms with van der Waals surface area (Å²) in [5, 5.41) is 37.7. The molecule has 0 spiro atoms. The fourth-order valence-corrected chi connectivity index (χ4v) is 11.1. The molecule has 1 amide bonds. The van der Waals surface area contributed by atoms with Gasteiger partial charge in [0.25, 0.3) is 0 Å². The van der Waals surface area contributed by atoms with E-state index >= 15 is 0 Å². The lowest BCUT2D eigenvalue weighted by atomic mass is 9.45. The summed E-state index contributed by atoms with van der Waals surface area (Å²) in [4.78, 5) is 56.5. The zero-order chi connectivity index (χ0) is 45.4. The van der Waals surface area contributed by atoms with E-state index in [1.807, 2.05) is 6.92 Å². The van der Waals surface area contributed by atoms with E-state index in [0.717, 1.165) is 13.3 Å². The molecule has 62 heavy (non-hydrogen) atoms. The number of carbonyl (C=O) groups is 4. The fraction of sp³-hybridized carbons (Fsp3) is 0.733. The highest BCUT2D eigenvalue weighted by Gasteiger charge is 2.77. The van der Waals surface area contributed by atoms with Gasteiger partial charge in [0.15, 0.2) is 17.5 Å². The number of halogens is 1. The van der Waals surface area contributed by atoms with E-state index in [1.165, 1.54) is 6.92 Å². The lowest BCUT2D eigenvalue weighted by Gasteiger charge is -2.68. The van der Waals surface area contributed by atoms with Crippen LogP contribution in [0.3, 0.4) is 0 Å². The number of fused-ring (bicyclic) bond motifs is 8. The van der Waals surface area contributed by atoms with Crippen molar-refractivity contribution in [3.05, 3.63) is 47.0 Å². The first-order valence-corrected chi connectivity index (χ1v) is 21.6. The highest BCUT2D eigenvalue weighted by molar-refractivity contribution is 5.89. The second kappa shape index (κ2) is 16.4. The Morgan fingerprint density at radius 1 is 1.05 bits per heavy atom. The molecule has 13 atom stereocenters. The molecule has 344 valence electrons. The summed E-state index contributed by atoms with van der Waals surface area (Å²) in [6.07, 6.45) is -5.83. The molecule has 3 aliphatic carbocycles. The van der Waals surface area contributed by atoms with Crippen molar-refractivity contribution in [3.8, 4) is 0 Å². The average molecular weight is 875 g/mol. The van der Waals surface area contributed by atoms with Gasteiger partial charge < -0.3 is 53.8 Å². The van der Waals surface area contributed by atoms with Crippen molar-refractivity contribution in [2.75, 3.05) is 33.0 Å². The number of amides is 1. The first-order valence-electron chi connectivity index (χ1n) is 21.6. The Kier molecular flexibility index (Phi) is 12.2. The van der Waals surface area contributed by atoms with E-state index in [0.29, 0.717) is 37.1 Å². The molecule has 6 aliphatic rings. The van der Waals surface area contributed by atoms with Gasteiger partial charge in [-0.3, -0.25) is 9.69 Å². The Bertz CT molecular complexity index is 1940. The predicted octanol–water partition coefficient (Wildman–Crippen LogP) is 3.52. The number of nitrogens with one attached hydrogen (secondary N) is 1. The first-order chi connectivity index (χ1) is 28.9. The van der Waals surface area contributed by atoms with E-state index in [-0.39, 0.29) is 24.8 Å². The second-order valence-corrected chi connectivity index (χ2v) is 20.0. The van der Waals surface area contributed by atoms with Crippen molar-refractivity contribution in [1.82, 2.24) is 10.2 Å². The van der Waals surface area contributed by atoms with E-state index in [4.69, 9.17) is 33.2 Å². The third-order valence-electron chi connectivity index (χ3n) is 14.6. The summed E-state index contributed by atoms with van der Waals surface area (Å²) in [5.41, 5.74) is -8.40. The maximum absolute atomic E-state index is 14.6. The van der Waals surface area contributed by atoms with E-state index < -0.39 is 119 Å². The number of alkyl halides is 1. The minimum atomic E-state index is -2.65. The molecule has 3 saturated heterocycles. The van der Waals surface area contributed by atoms with Crippen LogP contribution in [-0.2, 0) is 42.7 Å². The normalized spacial score (nSPS) is 37.6. The summed E-state index contributed by atoms with van der Waals surface area (Å²) in [6, 6.07) is 6.38. The Balaban J connectivity index is 1.38. The molecule has 3 aliphatic heterocycles. The van der Waals surface area contributed by atoms with Crippen LogP contribution < -0.4 is 5.32 Å². The van der Waals surface area contributed by atoms with Crippen LogP contribution >= 0.6 is 0 Å². The molecule has 4 N–H and O–H groups in total. The summed E-state index contributed by atoms with van der Waals surface area (Å²) in [7, 11) is 0. The maximum Gasteiger partial charge on any atom is 0.408 e. The summed E-state index contributed by atoms with van der Waals surface area (Å²) in [5.74, 6) is -3.68. The number of alkyl carbamates (subject to hydrolysis) is 1. The van der Waals surface area contributed by atoms with E-state index in [9.17, 15) is 38.9 Å². The van der Waals surface area contributed by atoms with E-state index in [1.54, 1.807) is 71.9 Å². The van der Waals surface area contributed by atoms with Crippen LogP contribution in [0.1, 0.15) is 98.4 Å². The number of rotatable bonds is 11. The Morgan fingerprint density at radius 2 is 1.74 bits per heavy atom. The first kappa shape index (κ1) is 46.3. The maximum atomic E-state index is 14.6. The molecule has 0 radical (unpaired) electrons. The average Bonchev–Trinajstić information content (AvgIpc) is 3.59. The molecule has 3 heterocycles. The number of hydrogen-bond donors (Lipinski definition) is 4. The fourth-order valence-electron chi connectivity index (χ4n) is 11.1. The molecule has 5 fully saturated rings. The number of aliphatic hydroxyl groups excluding tert-OH is 1. The largest absolute Gasteiger partial charge is 0.456 e. The van der Waals surface area contributed by atoms with Gasteiger partial charge in [-0.05, 0) is 77.2 Å². The van der Waals surface area contributed by atoms with Gasteiger partial charge in [-0.1, -0.05) is 39.0 Å². The van der Waals surface area contributed by atoms with Crippen LogP contribution in [0.2, 0.25) is 0 Å². The molecule has 7 rings (SSSR count). The van der Waals surface area contributed by atoms with E-state index in [2.05, 4.69) is 10.2 Å². The molecule has 0 aromatic heterocycles. The quantitative estimate of drug-likeness (QED) is 0.143. The van der Waals surface area contributed by atoms with Crippen molar-refractivity contribution in [1.29, 1.82) is 0 Å². The lowest BCUT2D eigenvalue weighted by molar-refractivity contribution is -0.345. The van der Waals surface area contributed by atoms with Crippen molar-refractivity contribution >= 4 is 24.0 Å². The summed E-state index contributed by atoms with van der Waals surface area (Å²) >= 11 is 0. The zero-order valence-corrected chi connectivity index (χ0v) is 37.1. The molecular formula is C45H63FN2O14. The number of aliphatic hydroxyl groups is 3. The third kappa shape index (κ3) is 7.72. The topological polar surface area (TPSA) is 209 Å². The Labute approximate surface area is 361 Å². The zero-order valence-electron chi connectivity index (χ0n) is 37.1. The number of hydrogen-bond acceptors (Lipinski definition) is 15. The second-order valence-electron chi connectivity index (χ2n) is 20.0. The number of ether oxygens (including phenoxy) is 7. The molecular weight excluding hydrogens is 811 g/mol. The number of nitrogens with zero attached hydrogens (tertiary/aromatic N) is 1. The predicted molar refractivity (Wildman–Crippen MR) is 217 cm³/mol. The molecule has 2 bridgehead atoms. The standard InChI is InChI=1S/C45H63FN2O14/c1-24-28(57-38(52)43(9,54)29(20-46)47-39(53)62-40(3,4)5)19-45(55)36(60-37(51)26-13-11-10-12-14-26)34-42(8,17-15-30-44(34,23-56-30)61-25(2)50)35-33(32(24)41(45,6)7)58-31(59-35)21-48-18-16-27(48)22-49/h10-14,27-31,33-36,49,54-55H,15-23H2,1-9H3,(H,47,53)/t27-,28-,29-,30+,31+,33+,34-,35+,36-,42+,43+,44-,45+/m0/s1. The number of esters is 3. The highest BCUT2D eigenvalue weighted by atomic mass is 19.1. The van der Waals surface area contributed by atoms with Gasteiger partial charge >= 0.3 is 24.0 Å². The van der Waals surface area contributed by atoms with Crippen molar-refractivity contribution in [2.24, 2.45) is 16.7 Å². The number of benzene rings is 1. The molecule has 1 aromatic rings. The summed E-state index contributed by atoms with van der Waals surface area (Å²) in [6.45, 7) is 13.9. The monoisotopic (exact) mass is 874 g/mol. The van der Waals surface area contributed by atoms with Crippen molar-refractivity contribution < 1.29 is 72.0 Å². The van der Waals surface area contributed by atoms with Crippen LogP contribution in [0.4, 0.5) is 9.18 Å². The van der Waals surface area contributed by atoms with Gasteiger partial charge in [0.05, 0.1) is 36.8 Å². The Morgan fingerprint density at radius 3 is 2.31 bits per heavy atom. The van der Waals surface area contributed by atoms with Crippen molar-refractivity contribution in [3.63, 3.8) is 0 Å². The molecule has 2 saturated carbocycles. The molecule has 1 aromatic carbocycles. The van der Waals surface area contributed by atoms with Crippen LogP contribution in [0, 0.1) is 16.7 Å². The minimum absolute atomic E-state index is 0.0438. The number of likely N-dealkylation sites (tertiary alicyclic amines) is 1. The molecule has 17 heteroatoms. The molecule has 16 nitrogen and oxygen atoms in total. The number of carbonyl (C=O) groups excluding carboxylic acids is 4. The SMILES string of the molecule is CC(=O)O[C@@]12CO[C@@H]1CC[C@@]1(C)[C@@H]3O[C@H](CN4CC[C@H]4CO)O[C@@H]3C3=C(C)[C@@H](OC(=O)[C@](C)(O)[C@H](CF)NC(=O)OC(C)(C)C)C[C@@](O)([C@@H](OC(=O)c4ccccc4)[C@@H]12)C3(C)C. The van der Waals surface area contributed by atoms with Crippen molar-refractivity contribution in [2.45, 2.75) is 159 Å². The minimum Gasteiger partial charge on any atom is -0.456 e. The van der Waals surface area contributed by atoms with Gasteiger partial charge in [0, 0.05) is 43.3 Å².